The molecule has 0 unspecified atom stereocenters. The average molecular weight is 266 g/mol. The predicted octanol–water partition coefficient (Wildman–Crippen LogP) is 1.36. The third kappa shape index (κ3) is 5.18. The molecule has 1 aromatic rings. The summed E-state index contributed by atoms with van der Waals surface area (Å²) in [5.41, 5.74) is 0.735. The molecule has 19 heavy (non-hydrogen) atoms. The van der Waals surface area contributed by atoms with Crippen molar-refractivity contribution in [3.8, 4) is 11.5 Å². The Balaban J connectivity index is 2.61. The minimum Gasteiger partial charge on any atom is -0.508 e. The quantitative estimate of drug-likeness (QED) is 0.816. The van der Waals surface area contributed by atoms with Gasteiger partial charge in [-0.15, -0.1) is 0 Å². The highest BCUT2D eigenvalue weighted by Gasteiger charge is 2.11. The number of nitrogens with one attached hydrogen (secondary N) is 1. The number of carbonyl (C=O) groups excluding carboxylic acids is 1. The standard InChI is InChI=1S/C14H22N2O3/c1-10(2)15-14(18)9-16(3)8-11-7-12(19-4)5-6-13(11)17/h5-7,10,17H,8-9H2,1-4H3,(H,15,18). The molecule has 0 bridgehead atoms. The summed E-state index contributed by atoms with van der Waals surface area (Å²) < 4.78 is 5.12. The molecule has 0 aliphatic heterocycles. The Morgan fingerprint density at radius 3 is 2.74 bits per heavy atom. The van der Waals surface area contributed by atoms with Crippen LogP contribution in [0.4, 0.5) is 0 Å². The number of aromatic hydroxyl groups is 1. The largest absolute Gasteiger partial charge is 0.508 e. The van der Waals surface area contributed by atoms with Gasteiger partial charge in [-0.2, -0.15) is 0 Å². The zero-order valence-corrected chi connectivity index (χ0v) is 11.9. The van der Waals surface area contributed by atoms with Crippen LogP contribution in [0, 0.1) is 0 Å². The fraction of sp³-hybridized carbons (Fsp3) is 0.500. The molecule has 0 radical (unpaired) electrons. The summed E-state index contributed by atoms with van der Waals surface area (Å²) in [6.45, 7) is 4.61. The van der Waals surface area contributed by atoms with E-state index in [1.165, 1.54) is 0 Å². The van der Waals surface area contributed by atoms with E-state index in [0.717, 1.165) is 5.56 Å². The molecule has 0 fully saturated rings. The molecule has 1 rings (SSSR count). The van der Waals surface area contributed by atoms with E-state index in [1.807, 2.05) is 25.8 Å². The minimum absolute atomic E-state index is 0.0279. The van der Waals surface area contributed by atoms with Gasteiger partial charge in [-0.1, -0.05) is 0 Å². The van der Waals surface area contributed by atoms with Gasteiger partial charge in [0.05, 0.1) is 13.7 Å². The molecule has 0 saturated heterocycles. The Labute approximate surface area is 114 Å². The summed E-state index contributed by atoms with van der Waals surface area (Å²) in [6, 6.07) is 5.19. The number of phenols is 1. The van der Waals surface area contributed by atoms with E-state index >= 15 is 0 Å². The van der Waals surface area contributed by atoms with Crippen LogP contribution in [0.1, 0.15) is 19.4 Å². The molecule has 0 heterocycles. The van der Waals surface area contributed by atoms with E-state index in [-0.39, 0.29) is 24.2 Å². The van der Waals surface area contributed by atoms with Crippen molar-refractivity contribution in [3.63, 3.8) is 0 Å². The van der Waals surface area contributed by atoms with E-state index in [9.17, 15) is 9.90 Å². The van der Waals surface area contributed by atoms with E-state index < -0.39 is 0 Å². The third-order valence-corrected chi connectivity index (χ3v) is 2.59. The summed E-state index contributed by atoms with van der Waals surface area (Å²) in [5.74, 6) is 0.865. The van der Waals surface area contributed by atoms with Crippen molar-refractivity contribution >= 4 is 5.91 Å². The molecular weight excluding hydrogens is 244 g/mol. The van der Waals surface area contributed by atoms with Gasteiger partial charge in [-0.05, 0) is 39.1 Å². The topological polar surface area (TPSA) is 61.8 Å². The van der Waals surface area contributed by atoms with Crippen LogP contribution in [0.25, 0.3) is 0 Å². The lowest BCUT2D eigenvalue weighted by atomic mass is 10.2. The molecule has 2 N–H and O–H groups in total. The Hall–Kier alpha value is -1.75. The van der Waals surface area contributed by atoms with Gasteiger partial charge in [0, 0.05) is 18.2 Å². The smallest absolute Gasteiger partial charge is 0.234 e. The maximum atomic E-state index is 11.6. The van der Waals surface area contributed by atoms with Crippen molar-refractivity contribution < 1.29 is 14.6 Å². The molecule has 0 aliphatic rings. The summed E-state index contributed by atoms with van der Waals surface area (Å²) >= 11 is 0. The van der Waals surface area contributed by atoms with Crippen LogP contribution in [-0.4, -0.2) is 42.7 Å². The lowest BCUT2D eigenvalue weighted by molar-refractivity contribution is -0.122. The molecule has 0 atom stereocenters. The SMILES string of the molecule is COc1ccc(O)c(CN(C)CC(=O)NC(C)C)c1. The number of methoxy groups -OCH3 is 1. The first-order chi connectivity index (χ1) is 8.92. The normalized spacial score (nSPS) is 10.8. The van der Waals surface area contributed by atoms with Crippen LogP contribution in [-0.2, 0) is 11.3 Å². The van der Waals surface area contributed by atoms with Gasteiger partial charge in [-0.3, -0.25) is 9.69 Å². The Kier molecular flexibility index (Phi) is 5.63. The number of benzene rings is 1. The zero-order valence-electron chi connectivity index (χ0n) is 11.9. The Morgan fingerprint density at radius 2 is 2.16 bits per heavy atom. The predicted molar refractivity (Wildman–Crippen MR) is 74.3 cm³/mol. The van der Waals surface area contributed by atoms with E-state index in [4.69, 9.17) is 4.74 Å². The van der Waals surface area contributed by atoms with Crippen LogP contribution in [0.3, 0.4) is 0 Å². The third-order valence-electron chi connectivity index (χ3n) is 2.59. The fourth-order valence-electron chi connectivity index (χ4n) is 1.77. The van der Waals surface area contributed by atoms with Crippen LogP contribution in [0.15, 0.2) is 18.2 Å². The first kappa shape index (κ1) is 15.3. The van der Waals surface area contributed by atoms with Gasteiger partial charge in [0.1, 0.15) is 11.5 Å². The number of nitrogens with zero attached hydrogens (tertiary/aromatic N) is 1. The van der Waals surface area contributed by atoms with E-state index in [1.54, 1.807) is 25.3 Å². The number of amides is 1. The highest BCUT2D eigenvalue weighted by Crippen LogP contribution is 2.23. The van der Waals surface area contributed by atoms with Crippen molar-refractivity contribution in [2.45, 2.75) is 26.4 Å². The summed E-state index contributed by atoms with van der Waals surface area (Å²) in [7, 11) is 3.41. The van der Waals surface area contributed by atoms with Crippen molar-refractivity contribution in [3.05, 3.63) is 23.8 Å². The molecule has 1 aromatic carbocycles. The number of ether oxygens (including phenoxy) is 1. The number of carbonyl (C=O) groups is 1. The first-order valence-electron chi connectivity index (χ1n) is 6.26. The Bertz CT molecular complexity index is 433. The fourth-order valence-corrected chi connectivity index (χ4v) is 1.77. The highest BCUT2D eigenvalue weighted by atomic mass is 16.5. The number of hydrogen-bond acceptors (Lipinski definition) is 4. The molecule has 0 saturated carbocycles. The van der Waals surface area contributed by atoms with Crippen molar-refractivity contribution in [2.75, 3.05) is 20.7 Å². The molecule has 5 heteroatoms. The van der Waals surface area contributed by atoms with Gasteiger partial charge in [0.15, 0.2) is 0 Å². The maximum Gasteiger partial charge on any atom is 0.234 e. The van der Waals surface area contributed by atoms with E-state index in [0.29, 0.717) is 12.3 Å². The molecule has 1 amide bonds. The second-order valence-electron chi connectivity index (χ2n) is 4.89. The molecule has 5 nitrogen and oxygen atoms in total. The van der Waals surface area contributed by atoms with Crippen LogP contribution < -0.4 is 10.1 Å². The van der Waals surface area contributed by atoms with Crippen LogP contribution in [0.5, 0.6) is 11.5 Å². The molecule has 0 aromatic heterocycles. The molecule has 0 aliphatic carbocycles. The summed E-state index contributed by atoms with van der Waals surface area (Å²) in [5, 5.41) is 12.6. The van der Waals surface area contributed by atoms with Gasteiger partial charge < -0.3 is 15.2 Å². The van der Waals surface area contributed by atoms with Crippen molar-refractivity contribution in [1.29, 1.82) is 0 Å². The molecular formula is C14H22N2O3. The summed E-state index contributed by atoms with van der Waals surface area (Å²) in [6.07, 6.45) is 0. The molecule has 0 spiro atoms. The minimum atomic E-state index is -0.0279. The lowest BCUT2D eigenvalue weighted by Gasteiger charge is -2.18. The second kappa shape index (κ2) is 6.99. The van der Waals surface area contributed by atoms with Gasteiger partial charge in [0.2, 0.25) is 5.91 Å². The monoisotopic (exact) mass is 266 g/mol. The van der Waals surface area contributed by atoms with Gasteiger partial charge in [-0.25, -0.2) is 0 Å². The lowest BCUT2D eigenvalue weighted by Crippen LogP contribution is -2.38. The Morgan fingerprint density at radius 1 is 1.47 bits per heavy atom. The van der Waals surface area contributed by atoms with Crippen molar-refractivity contribution in [2.24, 2.45) is 0 Å². The number of phenolic OH excluding ortho intramolecular Hbond substituents is 1. The summed E-state index contributed by atoms with van der Waals surface area (Å²) in [4.78, 5) is 13.5. The number of likely N-dealkylation sites (N-methyl/N-ethyl adjacent to an activating group) is 1. The van der Waals surface area contributed by atoms with E-state index in [2.05, 4.69) is 5.32 Å². The average Bonchev–Trinajstić information content (AvgIpc) is 2.30. The maximum absolute atomic E-state index is 11.6. The van der Waals surface area contributed by atoms with Gasteiger partial charge in [0.25, 0.3) is 0 Å². The van der Waals surface area contributed by atoms with Gasteiger partial charge >= 0.3 is 0 Å². The van der Waals surface area contributed by atoms with Crippen molar-refractivity contribution in [1.82, 2.24) is 10.2 Å². The second-order valence-corrected chi connectivity index (χ2v) is 4.89. The molecule has 106 valence electrons. The van der Waals surface area contributed by atoms with Crippen LogP contribution in [0.2, 0.25) is 0 Å². The highest BCUT2D eigenvalue weighted by molar-refractivity contribution is 5.78. The zero-order chi connectivity index (χ0) is 14.4. The first-order valence-corrected chi connectivity index (χ1v) is 6.26. The number of rotatable bonds is 6. The van der Waals surface area contributed by atoms with Crippen LogP contribution >= 0.6 is 0 Å². The number of hydrogen-bond donors (Lipinski definition) is 2.